The Kier molecular flexibility index (Phi) is 19.3. The number of rotatable bonds is 17. The summed E-state index contributed by atoms with van der Waals surface area (Å²) in [5, 5.41) is 45.6. The maximum atomic E-state index is 12.6. The van der Waals surface area contributed by atoms with Crippen LogP contribution in [0.4, 0.5) is 4.79 Å². The number of aliphatic hydroxyl groups excluding tert-OH is 2. The van der Waals surface area contributed by atoms with Crippen LogP contribution in [-0.2, 0) is 9.47 Å². The minimum atomic E-state index is -0.708. The zero-order valence-corrected chi connectivity index (χ0v) is 39.2. The van der Waals surface area contributed by atoms with E-state index in [9.17, 15) is 15.0 Å². The molecule has 0 spiro atoms. The van der Waals surface area contributed by atoms with Gasteiger partial charge in [-0.25, -0.2) is 4.79 Å². The van der Waals surface area contributed by atoms with Gasteiger partial charge in [-0.3, -0.25) is 20.9 Å². The third-order valence-corrected chi connectivity index (χ3v) is 15.8. The van der Waals surface area contributed by atoms with Crippen molar-refractivity contribution < 1.29 is 24.5 Å². The summed E-state index contributed by atoms with van der Waals surface area (Å²) in [6.07, 6.45) is 13.4. The fourth-order valence-corrected chi connectivity index (χ4v) is 12.3. The first-order valence-electron chi connectivity index (χ1n) is 25.2. The maximum Gasteiger partial charge on any atom is 0.410 e. The molecular weight excluding hydrogens is 771 g/mol. The number of piperazine rings is 1. The first-order valence-corrected chi connectivity index (χ1v) is 25.2. The van der Waals surface area contributed by atoms with Gasteiger partial charge in [0.05, 0.1) is 6.17 Å². The molecule has 1 amide bonds. The smallest absolute Gasteiger partial charge is 0.410 e. The number of ether oxygens (including phenoxy) is 2. The van der Waals surface area contributed by atoms with Gasteiger partial charge in [0, 0.05) is 101 Å². The number of aliphatic hydroxyl groups is 2. The molecule has 14 heteroatoms. The first kappa shape index (κ1) is 49.3. The van der Waals surface area contributed by atoms with Crippen molar-refractivity contribution in [2.75, 3.05) is 72.1 Å². The van der Waals surface area contributed by atoms with E-state index in [-0.39, 0.29) is 48.3 Å². The number of nitrogens with two attached hydrogens (primary N) is 1. The number of hydrogen-bond donors (Lipinski definition) is 9. The molecule has 14 unspecified atom stereocenters. The standard InChI is InChI=1S/C47H91N9O5/c1-7-39-38(42(52-35-17-23-60-24-18-35)37(27-48)43(54-39)49-8-2)29-51-45(58)41-14-10-13-40(53-41)44(57)50-28-32-16-15-31(3)36(26-32)34-12-9-11-33(25-34)30-55-19-21-56(22-20-55)46(59)61-47(4,5)6/h31-45,49-54,57-58H,7-30,48H2,1-6H3. The number of carbonyl (C=O) groups is 1. The van der Waals surface area contributed by atoms with Crippen molar-refractivity contribution in [3.63, 3.8) is 0 Å². The fraction of sp³-hybridized carbons (Fsp3) is 0.979. The first-order chi connectivity index (χ1) is 29.3. The van der Waals surface area contributed by atoms with E-state index < -0.39 is 18.1 Å². The quantitative estimate of drug-likeness (QED) is 0.0974. The van der Waals surface area contributed by atoms with Crippen LogP contribution in [0.25, 0.3) is 0 Å². The molecule has 10 N–H and O–H groups in total. The Morgan fingerprint density at radius 2 is 1.54 bits per heavy atom. The Bertz CT molecular complexity index is 1280. The van der Waals surface area contributed by atoms with Gasteiger partial charge in [0.2, 0.25) is 0 Å². The fourth-order valence-electron chi connectivity index (χ4n) is 12.3. The molecule has 4 saturated heterocycles. The molecule has 6 fully saturated rings. The lowest BCUT2D eigenvalue weighted by atomic mass is 9.64. The molecule has 6 rings (SSSR count). The van der Waals surface area contributed by atoms with Crippen LogP contribution in [0.5, 0.6) is 0 Å². The van der Waals surface area contributed by atoms with E-state index in [2.05, 4.69) is 57.6 Å². The molecule has 0 bridgehead atoms. The predicted molar refractivity (Wildman–Crippen MR) is 244 cm³/mol. The minimum absolute atomic E-state index is 0.0937. The van der Waals surface area contributed by atoms with Crippen molar-refractivity contribution in [2.45, 2.75) is 179 Å². The molecule has 61 heavy (non-hydrogen) atoms. The van der Waals surface area contributed by atoms with Crippen molar-refractivity contribution in [3.8, 4) is 0 Å². The van der Waals surface area contributed by atoms with Crippen molar-refractivity contribution in [3.05, 3.63) is 0 Å². The normalized spacial score (nSPS) is 37.3. The number of nitrogens with zero attached hydrogens (tertiary/aromatic N) is 2. The maximum absolute atomic E-state index is 12.6. The van der Waals surface area contributed by atoms with Crippen LogP contribution in [-0.4, -0.2) is 153 Å². The Morgan fingerprint density at radius 3 is 2.20 bits per heavy atom. The van der Waals surface area contributed by atoms with Crippen LogP contribution in [0.15, 0.2) is 0 Å². The Balaban J connectivity index is 0.948. The topological polar surface area (TPSA) is 181 Å². The van der Waals surface area contributed by atoms with Crippen LogP contribution in [0, 0.1) is 41.4 Å². The summed E-state index contributed by atoms with van der Waals surface area (Å²) >= 11 is 0. The molecule has 2 aliphatic carbocycles. The van der Waals surface area contributed by atoms with Crippen LogP contribution in [0.3, 0.4) is 0 Å². The summed E-state index contributed by atoms with van der Waals surface area (Å²) in [4.78, 5) is 17.1. The van der Waals surface area contributed by atoms with E-state index >= 15 is 0 Å². The molecule has 0 radical (unpaired) electrons. The number of piperidine rings is 2. The van der Waals surface area contributed by atoms with Crippen LogP contribution in [0.1, 0.15) is 125 Å². The van der Waals surface area contributed by atoms with Crippen LogP contribution in [0.2, 0.25) is 0 Å². The Hall–Kier alpha value is -1.17. The Morgan fingerprint density at radius 1 is 0.852 bits per heavy atom. The highest BCUT2D eigenvalue weighted by Gasteiger charge is 2.44. The highest BCUT2D eigenvalue weighted by molar-refractivity contribution is 5.68. The van der Waals surface area contributed by atoms with Gasteiger partial charge in [-0.2, -0.15) is 0 Å². The molecule has 2 saturated carbocycles. The van der Waals surface area contributed by atoms with Gasteiger partial charge in [-0.15, -0.1) is 0 Å². The van der Waals surface area contributed by atoms with E-state index in [0.29, 0.717) is 25.0 Å². The number of hydrogen-bond acceptors (Lipinski definition) is 13. The van der Waals surface area contributed by atoms with E-state index in [1.165, 1.54) is 44.9 Å². The second-order valence-electron chi connectivity index (χ2n) is 21.3. The van der Waals surface area contributed by atoms with Gasteiger partial charge >= 0.3 is 6.09 Å². The molecule has 0 aromatic carbocycles. The molecule has 14 atom stereocenters. The lowest BCUT2D eigenvalue weighted by molar-refractivity contribution is 0.0107. The van der Waals surface area contributed by atoms with E-state index in [4.69, 9.17) is 15.2 Å². The highest BCUT2D eigenvalue weighted by atomic mass is 16.6. The van der Waals surface area contributed by atoms with Gasteiger partial charge in [0.25, 0.3) is 0 Å². The number of amides is 1. The zero-order chi connectivity index (χ0) is 43.5. The van der Waals surface area contributed by atoms with Crippen LogP contribution < -0.4 is 37.6 Å². The lowest BCUT2D eigenvalue weighted by Gasteiger charge is -2.50. The highest BCUT2D eigenvalue weighted by Crippen LogP contribution is 2.45. The third-order valence-electron chi connectivity index (χ3n) is 15.8. The molecule has 4 heterocycles. The van der Waals surface area contributed by atoms with Gasteiger partial charge in [0.15, 0.2) is 0 Å². The summed E-state index contributed by atoms with van der Waals surface area (Å²) in [7, 11) is 0. The van der Waals surface area contributed by atoms with Crippen LogP contribution >= 0.6 is 0 Å². The molecule has 14 nitrogen and oxygen atoms in total. The third kappa shape index (κ3) is 14.2. The summed E-state index contributed by atoms with van der Waals surface area (Å²) < 4.78 is 11.3. The monoisotopic (exact) mass is 862 g/mol. The molecule has 0 aromatic heterocycles. The number of carbonyl (C=O) groups excluding carboxylic acids is 1. The van der Waals surface area contributed by atoms with E-state index in [1.54, 1.807) is 0 Å². The molecule has 6 aliphatic rings. The molecule has 4 aliphatic heterocycles. The second-order valence-corrected chi connectivity index (χ2v) is 21.3. The number of nitrogens with one attached hydrogen (secondary N) is 6. The average molecular weight is 862 g/mol. The minimum Gasteiger partial charge on any atom is -0.444 e. The summed E-state index contributed by atoms with van der Waals surface area (Å²) in [6, 6.07) is 0.686. The Labute approximate surface area is 370 Å². The summed E-state index contributed by atoms with van der Waals surface area (Å²) in [5.41, 5.74) is 6.04. The van der Waals surface area contributed by atoms with Crippen molar-refractivity contribution in [2.24, 2.45) is 47.2 Å². The summed E-state index contributed by atoms with van der Waals surface area (Å²) in [6.45, 7) is 21.8. The predicted octanol–water partition coefficient (Wildman–Crippen LogP) is 3.37. The SMILES string of the molecule is CCNC1NC(CC)C(CNC(O)C2CCCC(C(O)NCC3CCC(C)C(C4CCCC(CN5CCN(C(=O)OC(C)(C)C)CC5)C4)C3)N2)C(NC2CCOCC2)C1CN. The largest absolute Gasteiger partial charge is 0.444 e. The van der Waals surface area contributed by atoms with E-state index in [1.807, 2.05) is 25.7 Å². The van der Waals surface area contributed by atoms with Gasteiger partial charge in [-0.05, 0) is 121 Å². The van der Waals surface area contributed by atoms with Gasteiger partial charge in [-0.1, -0.05) is 46.5 Å². The molecule has 0 aromatic rings. The van der Waals surface area contributed by atoms with Gasteiger partial charge in [0.1, 0.15) is 18.1 Å². The molecular formula is C47H91N9O5. The second kappa shape index (κ2) is 23.8. The zero-order valence-electron chi connectivity index (χ0n) is 39.2. The van der Waals surface area contributed by atoms with Crippen molar-refractivity contribution in [1.82, 2.24) is 41.7 Å². The van der Waals surface area contributed by atoms with E-state index in [0.717, 1.165) is 121 Å². The molecule has 354 valence electrons. The van der Waals surface area contributed by atoms with Gasteiger partial charge < -0.3 is 46.3 Å². The average Bonchev–Trinajstić information content (AvgIpc) is 3.25. The lowest BCUT2D eigenvalue weighted by Crippen LogP contribution is -2.71. The van der Waals surface area contributed by atoms with Crippen molar-refractivity contribution >= 4 is 6.09 Å². The summed E-state index contributed by atoms with van der Waals surface area (Å²) in [5.74, 6) is 4.06. The van der Waals surface area contributed by atoms with Crippen molar-refractivity contribution in [1.29, 1.82) is 0 Å².